The highest BCUT2D eigenvalue weighted by Crippen LogP contribution is 2.65. The highest BCUT2D eigenvalue weighted by molar-refractivity contribution is 7.90. The van der Waals surface area contributed by atoms with Crippen LogP contribution in [0.5, 0.6) is 0 Å². The zero-order valence-electron chi connectivity index (χ0n) is 22.2. The lowest BCUT2D eigenvalue weighted by Crippen LogP contribution is -2.54. The predicted molar refractivity (Wildman–Crippen MR) is 137 cm³/mol. The average Bonchev–Trinajstić information content (AvgIpc) is 3.12. The Balaban J connectivity index is 1.44. The molecule has 0 bridgehead atoms. The van der Waals surface area contributed by atoms with Gasteiger partial charge in [0, 0.05) is 18.0 Å². The lowest BCUT2D eigenvalue weighted by Gasteiger charge is -2.57. The van der Waals surface area contributed by atoms with Crippen LogP contribution in [0.3, 0.4) is 0 Å². The van der Waals surface area contributed by atoms with Gasteiger partial charge in [0.1, 0.15) is 4.75 Å². The van der Waals surface area contributed by atoms with Crippen molar-refractivity contribution in [2.75, 3.05) is 13.2 Å². The third kappa shape index (κ3) is 5.05. The fourth-order valence-electron chi connectivity index (χ4n) is 8.85. The Hall–Kier alpha value is 0.190. The van der Waals surface area contributed by atoms with Gasteiger partial charge in [-0.05, 0) is 133 Å². The number of rotatable bonds is 7. The summed E-state index contributed by atoms with van der Waals surface area (Å²) < 4.78 is 21.9. The molecule has 0 heterocycles. The summed E-state index contributed by atoms with van der Waals surface area (Å²) in [5.41, 5.74) is -0.206. The van der Waals surface area contributed by atoms with E-state index in [1.54, 1.807) is 0 Å². The van der Waals surface area contributed by atoms with Crippen molar-refractivity contribution in [3.63, 3.8) is 0 Å². The highest BCUT2D eigenvalue weighted by atomic mass is 32.2. The van der Waals surface area contributed by atoms with Crippen molar-refractivity contribution in [2.24, 2.45) is 40.9 Å². The molecule has 4 rings (SSSR count). The summed E-state index contributed by atoms with van der Waals surface area (Å²) in [5.74, 6) is 4.67. The fourth-order valence-corrected chi connectivity index (χ4v) is 9.81. The minimum Gasteiger partial charge on any atom is -0.598 e. The van der Waals surface area contributed by atoms with Gasteiger partial charge in [-0.15, -0.1) is 4.72 Å². The van der Waals surface area contributed by atoms with Crippen molar-refractivity contribution in [1.29, 1.82) is 0 Å². The van der Waals surface area contributed by atoms with Gasteiger partial charge in [0.2, 0.25) is 0 Å². The standard InChI is InChI=1S/C28H51NO3S/c1-7-25(29-33(31)26(3,4)5)24-12-11-23-22-10-9-19-17-28(30,18-32-8-2)16-14-20(19)21(22)13-15-27(23,24)6/h19-25,29-30H,7-18H2,1-6H3/t19-,20+,21-,22-,23+,24-,25-,27+,28-,33?/m1/s1. The summed E-state index contributed by atoms with van der Waals surface area (Å²) in [5, 5.41) is 11.1. The molecular formula is C28H51NO3S. The Morgan fingerprint density at radius 1 is 1.03 bits per heavy atom. The van der Waals surface area contributed by atoms with Crippen LogP contribution in [0.15, 0.2) is 0 Å². The minimum atomic E-state index is -1.00. The second-order valence-corrected chi connectivity index (χ2v) is 15.3. The molecule has 0 spiro atoms. The van der Waals surface area contributed by atoms with Crippen LogP contribution in [0.4, 0.5) is 0 Å². The normalized spacial score (nSPS) is 45.1. The summed E-state index contributed by atoms with van der Waals surface area (Å²) in [6, 6.07) is 0.358. The van der Waals surface area contributed by atoms with Crippen molar-refractivity contribution in [3.8, 4) is 0 Å². The smallest absolute Gasteiger partial charge is 0.136 e. The molecule has 0 aliphatic heterocycles. The largest absolute Gasteiger partial charge is 0.598 e. The molecule has 33 heavy (non-hydrogen) atoms. The van der Waals surface area contributed by atoms with Gasteiger partial charge in [-0.25, -0.2) is 0 Å². The molecule has 4 nitrogen and oxygen atoms in total. The Labute approximate surface area is 206 Å². The van der Waals surface area contributed by atoms with Crippen molar-refractivity contribution >= 4 is 11.4 Å². The Kier molecular flexibility index (Phi) is 7.89. The maximum absolute atomic E-state index is 12.9. The van der Waals surface area contributed by atoms with E-state index in [4.69, 9.17) is 4.74 Å². The van der Waals surface area contributed by atoms with E-state index in [-0.39, 0.29) is 4.75 Å². The van der Waals surface area contributed by atoms with Crippen molar-refractivity contribution in [1.82, 2.24) is 4.72 Å². The van der Waals surface area contributed by atoms with Gasteiger partial charge in [-0.3, -0.25) is 0 Å². The van der Waals surface area contributed by atoms with E-state index in [0.29, 0.717) is 36.5 Å². The molecule has 10 atom stereocenters. The molecule has 4 aliphatic rings. The summed E-state index contributed by atoms with van der Waals surface area (Å²) in [6.45, 7) is 14.3. The second kappa shape index (κ2) is 9.92. The number of aliphatic hydroxyl groups is 1. The molecule has 4 fully saturated rings. The highest BCUT2D eigenvalue weighted by Gasteiger charge is 2.59. The maximum Gasteiger partial charge on any atom is 0.136 e. The van der Waals surface area contributed by atoms with Crippen LogP contribution in [-0.4, -0.2) is 39.3 Å². The molecule has 0 aromatic carbocycles. The Morgan fingerprint density at radius 3 is 2.42 bits per heavy atom. The van der Waals surface area contributed by atoms with Crippen LogP contribution in [0.25, 0.3) is 0 Å². The minimum absolute atomic E-state index is 0.215. The van der Waals surface area contributed by atoms with Crippen molar-refractivity contribution < 1.29 is 14.4 Å². The second-order valence-electron chi connectivity index (χ2n) is 13.3. The van der Waals surface area contributed by atoms with Gasteiger partial charge in [0.25, 0.3) is 0 Å². The molecule has 0 amide bonds. The first-order valence-corrected chi connectivity index (χ1v) is 15.2. The molecule has 0 saturated heterocycles. The van der Waals surface area contributed by atoms with Crippen LogP contribution in [0.2, 0.25) is 0 Å². The van der Waals surface area contributed by atoms with Crippen LogP contribution in [-0.2, 0) is 16.1 Å². The van der Waals surface area contributed by atoms with Gasteiger partial charge >= 0.3 is 0 Å². The molecular weight excluding hydrogens is 430 g/mol. The molecule has 192 valence electrons. The van der Waals surface area contributed by atoms with E-state index in [2.05, 4.69) is 39.3 Å². The SMILES string of the molecule is CCOC[C@@]1(O)CC[C@H]2[C@H](CC[C@@H]3[C@@H]2CC[C@]2(C)[C@@H]([C@@H](CC)N[S+]([O-])C(C)(C)C)CC[C@@H]32)C1. The first-order valence-electron chi connectivity index (χ1n) is 14.0. The zero-order valence-corrected chi connectivity index (χ0v) is 23.0. The molecule has 1 unspecified atom stereocenters. The van der Waals surface area contributed by atoms with Gasteiger partial charge in [-0.1, -0.05) is 13.8 Å². The fraction of sp³-hybridized carbons (Fsp3) is 1.00. The summed E-state index contributed by atoms with van der Waals surface area (Å²) >= 11 is -1.00. The van der Waals surface area contributed by atoms with Crippen LogP contribution in [0.1, 0.15) is 106 Å². The number of fused-ring (bicyclic) bond motifs is 5. The quantitative estimate of drug-likeness (QED) is 0.448. The van der Waals surface area contributed by atoms with E-state index in [9.17, 15) is 9.66 Å². The average molecular weight is 482 g/mol. The molecule has 0 aromatic heterocycles. The van der Waals surface area contributed by atoms with Crippen molar-refractivity contribution in [3.05, 3.63) is 0 Å². The lowest BCUT2D eigenvalue weighted by atomic mass is 9.48. The number of hydrogen-bond acceptors (Lipinski definition) is 4. The van der Waals surface area contributed by atoms with E-state index in [1.807, 2.05) is 6.92 Å². The molecule has 4 saturated carbocycles. The predicted octanol–water partition coefficient (Wildman–Crippen LogP) is 5.85. The summed E-state index contributed by atoms with van der Waals surface area (Å²) in [6.07, 6.45) is 12.1. The third-order valence-electron chi connectivity index (χ3n) is 10.5. The first kappa shape index (κ1) is 26.3. The lowest BCUT2D eigenvalue weighted by molar-refractivity contribution is -0.128. The Morgan fingerprint density at radius 2 is 1.76 bits per heavy atom. The number of ether oxygens (including phenoxy) is 1. The van der Waals surface area contributed by atoms with Crippen LogP contribution < -0.4 is 4.72 Å². The van der Waals surface area contributed by atoms with Gasteiger partial charge in [0.15, 0.2) is 0 Å². The van der Waals surface area contributed by atoms with Gasteiger partial charge in [0.05, 0.1) is 18.2 Å². The molecule has 4 aliphatic carbocycles. The Bertz CT molecular complexity index is 668. The molecule has 2 N–H and O–H groups in total. The monoisotopic (exact) mass is 481 g/mol. The van der Waals surface area contributed by atoms with E-state index >= 15 is 0 Å². The maximum atomic E-state index is 12.9. The first-order chi connectivity index (χ1) is 15.5. The molecule has 0 aromatic rings. The van der Waals surface area contributed by atoms with Crippen LogP contribution in [0, 0.1) is 40.9 Å². The van der Waals surface area contributed by atoms with Crippen molar-refractivity contribution in [2.45, 2.75) is 122 Å². The molecule has 0 radical (unpaired) electrons. The summed E-state index contributed by atoms with van der Waals surface area (Å²) in [7, 11) is 0. The van der Waals surface area contributed by atoms with Gasteiger partial charge in [-0.2, -0.15) is 0 Å². The van der Waals surface area contributed by atoms with E-state index in [1.165, 1.54) is 44.9 Å². The van der Waals surface area contributed by atoms with Gasteiger partial charge < -0.3 is 14.4 Å². The topological polar surface area (TPSA) is 64.5 Å². The van der Waals surface area contributed by atoms with Crippen LogP contribution >= 0.6 is 0 Å². The number of hydrogen-bond donors (Lipinski definition) is 2. The zero-order chi connectivity index (χ0) is 24.0. The summed E-state index contributed by atoms with van der Waals surface area (Å²) in [4.78, 5) is 0. The van der Waals surface area contributed by atoms with E-state index in [0.717, 1.165) is 42.9 Å². The number of nitrogens with one attached hydrogen (secondary N) is 1. The van der Waals surface area contributed by atoms with E-state index < -0.39 is 17.0 Å². The molecule has 5 heteroatoms. The third-order valence-corrected chi connectivity index (χ3v) is 12.1.